The summed E-state index contributed by atoms with van der Waals surface area (Å²) in [5, 5.41) is 0. The molecule has 1 atom stereocenters. The van der Waals surface area contributed by atoms with Crippen molar-refractivity contribution >= 4 is 29.1 Å². The Hall–Kier alpha value is -4.30. The maximum Gasteiger partial charge on any atom is 0.338 e. The highest BCUT2D eigenvalue weighted by Gasteiger charge is 2.35. The second kappa shape index (κ2) is 10.1. The molecule has 0 amide bonds. The number of esters is 1. The largest absolute Gasteiger partial charge is 0.497 e. The summed E-state index contributed by atoms with van der Waals surface area (Å²) < 4.78 is 13.0. The minimum atomic E-state index is -0.748. The summed E-state index contributed by atoms with van der Waals surface area (Å²) in [5.41, 5.74) is 2.82. The van der Waals surface area contributed by atoms with E-state index in [1.165, 1.54) is 11.3 Å². The lowest BCUT2D eigenvalue weighted by atomic mass is 9.93. The fraction of sp³-hybridized carbons (Fsp3) is 0.143. The monoisotopic (exact) mass is 497 g/mol. The maximum absolute atomic E-state index is 13.8. The average molecular weight is 498 g/mol. The van der Waals surface area contributed by atoms with E-state index >= 15 is 0 Å². The minimum absolute atomic E-state index is 0.195. The average Bonchev–Trinajstić information content (AvgIpc) is 3.23. The van der Waals surface area contributed by atoms with Gasteiger partial charge in [-0.2, -0.15) is 0 Å². The van der Waals surface area contributed by atoms with Gasteiger partial charge in [0.1, 0.15) is 5.75 Å². The highest BCUT2D eigenvalue weighted by atomic mass is 32.1. The molecule has 0 bridgehead atoms. The van der Waals surface area contributed by atoms with Crippen LogP contribution in [0.4, 0.5) is 0 Å². The molecule has 7 nitrogen and oxygen atoms in total. The third-order valence-corrected chi connectivity index (χ3v) is 6.75. The number of hydrogen-bond acceptors (Lipinski definition) is 7. The molecule has 8 heteroatoms. The van der Waals surface area contributed by atoms with Crippen molar-refractivity contribution in [3.8, 4) is 5.75 Å². The highest BCUT2D eigenvalue weighted by Crippen LogP contribution is 2.36. The van der Waals surface area contributed by atoms with Gasteiger partial charge in [-0.05, 0) is 42.3 Å². The molecule has 5 rings (SSSR count). The lowest BCUT2D eigenvalue weighted by molar-refractivity contribution is -0.138. The number of thiazole rings is 1. The van der Waals surface area contributed by atoms with E-state index in [4.69, 9.17) is 14.5 Å². The van der Waals surface area contributed by atoms with Gasteiger partial charge in [0.05, 0.1) is 35.6 Å². The second-order valence-electron chi connectivity index (χ2n) is 7.99. The van der Waals surface area contributed by atoms with Crippen LogP contribution in [0.2, 0.25) is 0 Å². The van der Waals surface area contributed by atoms with Gasteiger partial charge in [-0.25, -0.2) is 9.79 Å². The molecule has 3 heterocycles. The Labute approximate surface area is 211 Å². The zero-order valence-electron chi connectivity index (χ0n) is 19.8. The lowest BCUT2D eigenvalue weighted by Crippen LogP contribution is -2.40. The van der Waals surface area contributed by atoms with Gasteiger partial charge < -0.3 is 9.47 Å². The summed E-state index contributed by atoms with van der Waals surface area (Å²) in [4.78, 5) is 36.7. The molecule has 0 radical (unpaired) electrons. The molecular weight excluding hydrogens is 474 g/mol. The van der Waals surface area contributed by atoms with Gasteiger partial charge in [0.25, 0.3) is 5.56 Å². The minimum Gasteiger partial charge on any atom is -0.497 e. The molecule has 1 aliphatic rings. The van der Waals surface area contributed by atoms with Crippen LogP contribution in [-0.4, -0.2) is 29.2 Å². The van der Waals surface area contributed by atoms with Crippen molar-refractivity contribution in [3.05, 3.63) is 121 Å². The summed E-state index contributed by atoms with van der Waals surface area (Å²) in [7, 11) is 1.58. The number of benzene rings is 2. The van der Waals surface area contributed by atoms with E-state index in [1.54, 1.807) is 37.1 Å². The molecule has 2 aromatic carbocycles. The molecule has 0 aliphatic carbocycles. The summed E-state index contributed by atoms with van der Waals surface area (Å²) in [6.45, 7) is 1.95. The highest BCUT2D eigenvalue weighted by molar-refractivity contribution is 7.07. The Kier molecular flexibility index (Phi) is 6.60. The SMILES string of the molecule is CCOC(=O)C1=C(c2ccccc2)N=c2s/c(=C/c3cccnc3)c(=O)n2[C@@H]1c1cccc(OC)c1. The molecule has 0 N–H and O–H groups in total. The first-order valence-corrected chi connectivity index (χ1v) is 12.2. The van der Waals surface area contributed by atoms with Crippen molar-refractivity contribution < 1.29 is 14.3 Å². The first-order chi connectivity index (χ1) is 17.6. The van der Waals surface area contributed by atoms with Crippen molar-refractivity contribution in [3.63, 3.8) is 0 Å². The van der Waals surface area contributed by atoms with E-state index < -0.39 is 12.0 Å². The molecule has 0 saturated heterocycles. The Morgan fingerprint density at radius 1 is 1.11 bits per heavy atom. The number of pyridine rings is 1. The number of nitrogens with zero attached hydrogens (tertiary/aromatic N) is 3. The Morgan fingerprint density at radius 2 is 1.94 bits per heavy atom. The van der Waals surface area contributed by atoms with Crippen molar-refractivity contribution in [2.24, 2.45) is 4.99 Å². The fourth-order valence-electron chi connectivity index (χ4n) is 4.18. The standard InChI is InChI=1S/C28H23N3O4S/c1-3-35-27(33)23-24(19-10-5-4-6-11-19)30-28-31(25(23)20-12-7-13-21(16-20)34-2)26(32)22(36-28)15-18-9-8-14-29-17-18/h4-17,25H,3H2,1-2H3/b22-15+/t25-/m1/s1. The number of ether oxygens (including phenoxy) is 2. The fourth-order valence-corrected chi connectivity index (χ4v) is 5.18. The van der Waals surface area contributed by atoms with Crippen molar-refractivity contribution in [1.82, 2.24) is 9.55 Å². The smallest absolute Gasteiger partial charge is 0.338 e. The van der Waals surface area contributed by atoms with Gasteiger partial charge in [0.2, 0.25) is 0 Å². The van der Waals surface area contributed by atoms with Gasteiger partial charge in [-0.3, -0.25) is 14.3 Å². The summed E-state index contributed by atoms with van der Waals surface area (Å²) >= 11 is 1.27. The molecule has 0 unspecified atom stereocenters. The lowest BCUT2D eigenvalue weighted by Gasteiger charge is -2.26. The van der Waals surface area contributed by atoms with Crippen LogP contribution in [0, 0.1) is 0 Å². The number of hydrogen-bond donors (Lipinski definition) is 0. The third-order valence-electron chi connectivity index (χ3n) is 5.77. The number of methoxy groups -OCH3 is 1. The predicted molar refractivity (Wildman–Crippen MR) is 138 cm³/mol. The maximum atomic E-state index is 13.8. The van der Waals surface area contributed by atoms with Crippen LogP contribution in [0.1, 0.15) is 29.7 Å². The molecule has 180 valence electrons. The van der Waals surface area contributed by atoms with Crippen LogP contribution in [0.3, 0.4) is 0 Å². The molecule has 0 spiro atoms. The van der Waals surface area contributed by atoms with E-state index in [0.717, 1.165) is 16.7 Å². The number of rotatable bonds is 6. The zero-order valence-corrected chi connectivity index (χ0v) is 20.6. The summed E-state index contributed by atoms with van der Waals surface area (Å²) in [6.07, 6.45) is 5.16. The first-order valence-electron chi connectivity index (χ1n) is 11.4. The molecule has 36 heavy (non-hydrogen) atoms. The molecule has 2 aromatic heterocycles. The van der Waals surface area contributed by atoms with Crippen LogP contribution in [0.15, 0.2) is 94.5 Å². The van der Waals surface area contributed by atoms with Crippen LogP contribution in [0.5, 0.6) is 5.75 Å². The van der Waals surface area contributed by atoms with Crippen molar-refractivity contribution in [2.75, 3.05) is 13.7 Å². The Morgan fingerprint density at radius 3 is 2.67 bits per heavy atom. The zero-order chi connectivity index (χ0) is 25.1. The van der Waals surface area contributed by atoms with E-state index in [1.807, 2.05) is 66.7 Å². The molecular formula is C28H23N3O4S. The van der Waals surface area contributed by atoms with Gasteiger partial charge in [-0.15, -0.1) is 0 Å². The van der Waals surface area contributed by atoms with E-state index in [0.29, 0.717) is 26.4 Å². The number of carbonyl (C=O) groups excluding carboxylic acids is 1. The Balaban J connectivity index is 1.85. The summed E-state index contributed by atoms with van der Waals surface area (Å²) in [6, 6.07) is 19.8. The van der Waals surface area contributed by atoms with Gasteiger partial charge in [0.15, 0.2) is 4.80 Å². The summed E-state index contributed by atoms with van der Waals surface area (Å²) in [5.74, 6) is 0.0981. The quantitative estimate of drug-likeness (QED) is 0.382. The first kappa shape index (κ1) is 23.4. The van der Waals surface area contributed by atoms with Gasteiger partial charge in [-0.1, -0.05) is 59.9 Å². The number of carbonyl (C=O) groups is 1. The molecule has 0 fully saturated rings. The van der Waals surface area contributed by atoms with E-state index in [-0.39, 0.29) is 12.2 Å². The molecule has 0 saturated carbocycles. The van der Waals surface area contributed by atoms with Crippen molar-refractivity contribution in [1.29, 1.82) is 0 Å². The number of fused-ring (bicyclic) bond motifs is 1. The van der Waals surface area contributed by atoms with Crippen LogP contribution in [-0.2, 0) is 9.53 Å². The van der Waals surface area contributed by atoms with E-state index in [2.05, 4.69) is 4.98 Å². The van der Waals surface area contributed by atoms with E-state index in [9.17, 15) is 9.59 Å². The van der Waals surface area contributed by atoms with Gasteiger partial charge >= 0.3 is 5.97 Å². The Bertz CT molecular complexity index is 1620. The van der Waals surface area contributed by atoms with Crippen LogP contribution in [0.25, 0.3) is 11.8 Å². The predicted octanol–water partition coefficient (Wildman–Crippen LogP) is 3.34. The normalized spacial score (nSPS) is 15.3. The third kappa shape index (κ3) is 4.38. The van der Waals surface area contributed by atoms with Crippen molar-refractivity contribution in [2.45, 2.75) is 13.0 Å². The number of aromatic nitrogens is 2. The van der Waals surface area contributed by atoms with Crippen LogP contribution >= 0.6 is 11.3 Å². The van der Waals surface area contributed by atoms with Gasteiger partial charge in [0, 0.05) is 18.0 Å². The molecule has 4 aromatic rings. The molecule has 1 aliphatic heterocycles. The second-order valence-corrected chi connectivity index (χ2v) is 9.00. The topological polar surface area (TPSA) is 82.8 Å². The van der Waals surface area contributed by atoms with Crippen LogP contribution < -0.4 is 19.6 Å².